The van der Waals surface area contributed by atoms with Gasteiger partial charge in [-0.15, -0.1) is 0 Å². The van der Waals surface area contributed by atoms with Crippen molar-refractivity contribution in [2.75, 3.05) is 26.2 Å². The van der Waals surface area contributed by atoms with Gasteiger partial charge in [0, 0.05) is 19.7 Å². The van der Waals surface area contributed by atoms with Crippen molar-refractivity contribution in [1.82, 2.24) is 4.90 Å². The highest BCUT2D eigenvalue weighted by atomic mass is 16.3. The van der Waals surface area contributed by atoms with Crippen LogP contribution in [-0.4, -0.2) is 47.5 Å². The van der Waals surface area contributed by atoms with Gasteiger partial charge in [0.2, 0.25) is 0 Å². The van der Waals surface area contributed by atoms with Gasteiger partial charge in [0.15, 0.2) is 0 Å². The van der Waals surface area contributed by atoms with Crippen LogP contribution in [0.15, 0.2) is 0 Å². The molecule has 1 unspecified atom stereocenters. The topological polar surface area (TPSA) is 43.7 Å². The van der Waals surface area contributed by atoms with Crippen molar-refractivity contribution in [2.45, 2.75) is 46.6 Å². The lowest BCUT2D eigenvalue weighted by molar-refractivity contribution is 0.0455. The summed E-state index contributed by atoms with van der Waals surface area (Å²) in [4.78, 5) is 2.27. The van der Waals surface area contributed by atoms with E-state index in [-0.39, 0.29) is 18.1 Å². The summed E-state index contributed by atoms with van der Waals surface area (Å²) < 4.78 is 0. The van der Waals surface area contributed by atoms with E-state index in [4.69, 9.17) is 5.11 Å². The summed E-state index contributed by atoms with van der Waals surface area (Å²) in [5.74, 6) is 0. The van der Waals surface area contributed by atoms with E-state index in [1.165, 1.54) is 0 Å². The van der Waals surface area contributed by atoms with Gasteiger partial charge in [-0.2, -0.15) is 0 Å². The maximum Gasteiger partial charge on any atom is 0.0600 e. The number of hydrogen-bond acceptors (Lipinski definition) is 3. The number of rotatable bonds is 7. The van der Waals surface area contributed by atoms with Crippen LogP contribution in [-0.2, 0) is 0 Å². The molecule has 0 amide bonds. The van der Waals surface area contributed by atoms with E-state index in [2.05, 4.69) is 32.6 Å². The third-order valence-corrected chi connectivity index (χ3v) is 2.80. The lowest BCUT2D eigenvalue weighted by Crippen LogP contribution is -2.33. The zero-order chi connectivity index (χ0) is 11.9. The van der Waals surface area contributed by atoms with E-state index < -0.39 is 0 Å². The third-order valence-electron chi connectivity index (χ3n) is 2.80. The second-order valence-electron chi connectivity index (χ2n) is 5.18. The third kappa shape index (κ3) is 6.88. The minimum Gasteiger partial charge on any atom is -0.396 e. The van der Waals surface area contributed by atoms with Gasteiger partial charge >= 0.3 is 0 Å². The molecule has 0 bridgehead atoms. The standard InChI is InChI=1S/C12H27NO2/c1-5-13(8-6-10-14)9-7-11(15)12(2,3)4/h11,14-15H,5-10H2,1-4H3. The molecule has 92 valence electrons. The number of nitrogens with zero attached hydrogens (tertiary/aromatic N) is 1. The van der Waals surface area contributed by atoms with Gasteiger partial charge in [0.25, 0.3) is 0 Å². The minimum absolute atomic E-state index is 0.0314. The van der Waals surface area contributed by atoms with Crippen LogP contribution in [0.5, 0.6) is 0 Å². The lowest BCUT2D eigenvalue weighted by Gasteiger charge is -2.28. The Kier molecular flexibility index (Phi) is 7.14. The van der Waals surface area contributed by atoms with Crippen molar-refractivity contribution >= 4 is 0 Å². The number of hydrogen-bond donors (Lipinski definition) is 2. The van der Waals surface area contributed by atoms with Crippen LogP contribution in [0.1, 0.15) is 40.5 Å². The first kappa shape index (κ1) is 14.9. The van der Waals surface area contributed by atoms with Crippen molar-refractivity contribution in [2.24, 2.45) is 5.41 Å². The van der Waals surface area contributed by atoms with E-state index in [9.17, 15) is 5.11 Å². The Balaban J connectivity index is 3.79. The van der Waals surface area contributed by atoms with E-state index in [1.54, 1.807) is 0 Å². The molecule has 1 atom stereocenters. The highest BCUT2D eigenvalue weighted by Gasteiger charge is 2.22. The lowest BCUT2D eigenvalue weighted by atomic mass is 9.87. The first-order valence-corrected chi connectivity index (χ1v) is 5.93. The van der Waals surface area contributed by atoms with Crippen LogP contribution in [0, 0.1) is 5.41 Å². The van der Waals surface area contributed by atoms with Gasteiger partial charge in [-0.05, 0) is 24.8 Å². The van der Waals surface area contributed by atoms with Crippen molar-refractivity contribution in [3.05, 3.63) is 0 Å². The number of aliphatic hydroxyl groups is 2. The normalized spacial score (nSPS) is 14.6. The molecule has 0 rings (SSSR count). The molecule has 0 aromatic heterocycles. The molecule has 0 aliphatic heterocycles. The molecule has 0 fully saturated rings. The fourth-order valence-corrected chi connectivity index (χ4v) is 1.46. The van der Waals surface area contributed by atoms with Crippen LogP contribution >= 0.6 is 0 Å². The molecule has 0 aromatic carbocycles. The van der Waals surface area contributed by atoms with Gasteiger partial charge in [-0.1, -0.05) is 27.7 Å². The van der Waals surface area contributed by atoms with Gasteiger partial charge < -0.3 is 15.1 Å². The van der Waals surface area contributed by atoms with Gasteiger partial charge in [-0.3, -0.25) is 0 Å². The SMILES string of the molecule is CCN(CCCO)CCC(O)C(C)(C)C. The maximum absolute atomic E-state index is 9.88. The molecule has 2 N–H and O–H groups in total. The van der Waals surface area contributed by atoms with Crippen LogP contribution in [0.25, 0.3) is 0 Å². The maximum atomic E-state index is 9.88. The van der Waals surface area contributed by atoms with Crippen molar-refractivity contribution in [3.63, 3.8) is 0 Å². The summed E-state index contributed by atoms with van der Waals surface area (Å²) >= 11 is 0. The highest BCUT2D eigenvalue weighted by molar-refractivity contribution is 4.73. The van der Waals surface area contributed by atoms with E-state index in [0.29, 0.717) is 0 Å². The fourth-order valence-electron chi connectivity index (χ4n) is 1.46. The second-order valence-corrected chi connectivity index (χ2v) is 5.18. The summed E-state index contributed by atoms with van der Waals surface area (Å²) in [6.45, 7) is 11.3. The Bertz CT molecular complexity index is 154. The Morgan fingerprint density at radius 3 is 2.20 bits per heavy atom. The molecule has 0 saturated heterocycles. The minimum atomic E-state index is -0.249. The highest BCUT2D eigenvalue weighted by Crippen LogP contribution is 2.21. The molecule has 0 aromatic rings. The molecule has 0 spiro atoms. The summed E-state index contributed by atoms with van der Waals surface area (Å²) in [7, 11) is 0. The molecule has 15 heavy (non-hydrogen) atoms. The molecule has 0 aliphatic rings. The van der Waals surface area contributed by atoms with Gasteiger partial charge in [0.05, 0.1) is 6.10 Å². The molecule has 0 saturated carbocycles. The molecule has 0 heterocycles. The summed E-state index contributed by atoms with van der Waals surface area (Å²) in [6.07, 6.45) is 1.38. The van der Waals surface area contributed by atoms with Crippen LogP contribution in [0.4, 0.5) is 0 Å². The molecule has 3 nitrogen and oxygen atoms in total. The quantitative estimate of drug-likeness (QED) is 0.679. The van der Waals surface area contributed by atoms with Crippen LogP contribution < -0.4 is 0 Å². The Morgan fingerprint density at radius 1 is 1.20 bits per heavy atom. The van der Waals surface area contributed by atoms with Crippen LogP contribution in [0.2, 0.25) is 0 Å². The number of aliphatic hydroxyl groups excluding tert-OH is 2. The average Bonchev–Trinajstić information content (AvgIpc) is 2.16. The smallest absolute Gasteiger partial charge is 0.0600 e. The molecule has 0 aliphatic carbocycles. The molecule has 3 heteroatoms. The first-order chi connectivity index (χ1) is 6.91. The van der Waals surface area contributed by atoms with Crippen LogP contribution in [0.3, 0.4) is 0 Å². The first-order valence-electron chi connectivity index (χ1n) is 5.93. The molecule has 0 radical (unpaired) electrons. The second kappa shape index (κ2) is 7.20. The zero-order valence-corrected chi connectivity index (χ0v) is 10.7. The van der Waals surface area contributed by atoms with Crippen molar-refractivity contribution in [1.29, 1.82) is 0 Å². The Morgan fingerprint density at radius 2 is 1.80 bits per heavy atom. The summed E-state index contributed by atoms with van der Waals surface area (Å²) in [6, 6.07) is 0. The van der Waals surface area contributed by atoms with Crippen molar-refractivity contribution in [3.8, 4) is 0 Å². The summed E-state index contributed by atoms with van der Waals surface area (Å²) in [5.41, 5.74) is -0.0314. The molecular weight excluding hydrogens is 190 g/mol. The monoisotopic (exact) mass is 217 g/mol. The van der Waals surface area contributed by atoms with E-state index in [1.807, 2.05) is 0 Å². The summed E-state index contributed by atoms with van der Waals surface area (Å²) in [5, 5.41) is 18.6. The fraction of sp³-hybridized carbons (Fsp3) is 1.00. The van der Waals surface area contributed by atoms with Crippen molar-refractivity contribution < 1.29 is 10.2 Å². The van der Waals surface area contributed by atoms with E-state index in [0.717, 1.165) is 32.5 Å². The Labute approximate surface area is 94.1 Å². The predicted octanol–water partition coefficient (Wildman–Crippen LogP) is 1.49. The zero-order valence-electron chi connectivity index (χ0n) is 10.7. The average molecular weight is 217 g/mol. The Hall–Kier alpha value is -0.120. The predicted molar refractivity (Wildman–Crippen MR) is 63.9 cm³/mol. The largest absolute Gasteiger partial charge is 0.396 e. The molecular formula is C12H27NO2. The van der Waals surface area contributed by atoms with E-state index >= 15 is 0 Å². The van der Waals surface area contributed by atoms with Gasteiger partial charge in [-0.25, -0.2) is 0 Å². The van der Waals surface area contributed by atoms with Gasteiger partial charge in [0.1, 0.15) is 0 Å².